The zero-order chi connectivity index (χ0) is 15.6. The van der Waals surface area contributed by atoms with Crippen LogP contribution in [0.5, 0.6) is 0 Å². The van der Waals surface area contributed by atoms with Crippen LogP contribution in [0.1, 0.15) is 18.4 Å². The van der Waals surface area contributed by atoms with Gasteiger partial charge in [-0.1, -0.05) is 17.7 Å². The molecule has 1 unspecified atom stereocenters. The molecule has 1 aromatic rings. The number of hydrogen-bond donors (Lipinski definition) is 0. The lowest BCUT2D eigenvalue weighted by Gasteiger charge is -2.25. The maximum atomic E-state index is 12.6. The van der Waals surface area contributed by atoms with Crippen LogP contribution in [0.25, 0.3) is 0 Å². The molecule has 0 saturated carbocycles. The summed E-state index contributed by atoms with van der Waals surface area (Å²) < 4.78 is 26.6. The van der Waals surface area contributed by atoms with E-state index in [-0.39, 0.29) is 16.8 Å². The number of sulfonamides is 1. The molecule has 1 saturated heterocycles. The smallest absolute Gasteiger partial charge is 0.242 e. The molecule has 1 fully saturated rings. The Kier molecular flexibility index (Phi) is 5.54. The van der Waals surface area contributed by atoms with Gasteiger partial charge in [0.15, 0.2) is 0 Å². The highest BCUT2D eigenvalue weighted by Crippen LogP contribution is 2.25. The molecular formula is C14H20Cl2N2O2S. The molecule has 0 aliphatic carbocycles. The van der Waals surface area contributed by atoms with Gasteiger partial charge in [0.1, 0.15) is 0 Å². The van der Waals surface area contributed by atoms with Crippen LogP contribution in [0.15, 0.2) is 23.1 Å². The number of likely N-dealkylation sites (tertiary alicyclic amines) is 1. The number of likely N-dealkylation sites (N-methyl/N-ethyl adjacent to an activating group) is 2. The topological polar surface area (TPSA) is 40.6 Å². The summed E-state index contributed by atoms with van der Waals surface area (Å²) in [6.45, 7) is 1.52. The number of benzene rings is 1. The Morgan fingerprint density at radius 1 is 1.43 bits per heavy atom. The lowest BCUT2D eigenvalue weighted by molar-refractivity contribution is 0.271. The van der Waals surface area contributed by atoms with Gasteiger partial charge in [0.2, 0.25) is 10.0 Å². The SMILES string of the molecule is CN1CCCC1CN(C)S(=O)(=O)c1ccc(CCl)c(Cl)c1. The second-order valence-corrected chi connectivity index (χ2v) is 8.17. The van der Waals surface area contributed by atoms with Gasteiger partial charge in [0, 0.05) is 30.5 Å². The molecule has 4 nitrogen and oxygen atoms in total. The molecule has 1 aromatic carbocycles. The number of alkyl halides is 1. The van der Waals surface area contributed by atoms with Crippen LogP contribution < -0.4 is 0 Å². The van der Waals surface area contributed by atoms with Crippen molar-refractivity contribution in [3.63, 3.8) is 0 Å². The molecule has 0 radical (unpaired) electrons. The first kappa shape index (κ1) is 17.0. The fraction of sp³-hybridized carbons (Fsp3) is 0.571. The Labute approximate surface area is 136 Å². The Morgan fingerprint density at radius 2 is 2.14 bits per heavy atom. The second kappa shape index (κ2) is 6.84. The van der Waals surface area contributed by atoms with E-state index >= 15 is 0 Å². The molecule has 0 aromatic heterocycles. The summed E-state index contributed by atoms with van der Waals surface area (Å²) in [5.41, 5.74) is 0.732. The van der Waals surface area contributed by atoms with Gasteiger partial charge in [0.05, 0.1) is 4.90 Å². The van der Waals surface area contributed by atoms with Crippen LogP contribution in [0, 0.1) is 0 Å². The van der Waals surface area contributed by atoms with Gasteiger partial charge in [-0.15, -0.1) is 11.6 Å². The van der Waals surface area contributed by atoms with E-state index in [0.717, 1.165) is 24.9 Å². The third-order valence-corrected chi connectivity index (χ3v) is 6.48. The first-order chi connectivity index (χ1) is 9.86. The Hall–Kier alpha value is -0.330. The zero-order valence-electron chi connectivity index (χ0n) is 12.2. The standard InChI is InChI=1S/C14H20Cl2N2O2S/c1-17-7-3-4-12(17)10-18(2)21(19,20)13-6-5-11(9-15)14(16)8-13/h5-6,8,12H,3-4,7,9-10H2,1-2H3. The molecular weight excluding hydrogens is 331 g/mol. The molecule has 0 amide bonds. The minimum Gasteiger partial charge on any atom is -0.302 e. The lowest BCUT2D eigenvalue weighted by Crippen LogP contribution is -2.39. The Bertz CT molecular complexity index is 607. The van der Waals surface area contributed by atoms with E-state index < -0.39 is 10.0 Å². The summed E-state index contributed by atoms with van der Waals surface area (Å²) >= 11 is 11.8. The predicted octanol–water partition coefficient (Wildman–Crippen LogP) is 2.79. The van der Waals surface area contributed by atoms with Crippen LogP contribution in [0.4, 0.5) is 0 Å². The molecule has 0 spiro atoms. The summed E-state index contributed by atoms with van der Waals surface area (Å²) in [5.74, 6) is 0.266. The van der Waals surface area contributed by atoms with Crippen molar-refractivity contribution < 1.29 is 8.42 Å². The van der Waals surface area contributed by atoms with E-state index in [1.54, 1.807) is 19.2 Å². The zero-order valence-corrected chi connectivity index (χ0v) is 14.5. The van der Waals surface area contributed by atoms with E-state index in [4.69, 9.17) is 23.2 Å². The van der Waals surface area contributed by atoms with Crippen molar-refractivity contribution >= 4 is 33.2 Å². The van der Waals surface area contributed by atoms with Gasteiger partial charge in [-0.25, -0.2) is 8.42 Å². The fourth-order valence-electron chi connectivity index (χ4n) is 2.58. The van der Waals surface area contributed by atoms with Crippen molar-refractivity contribution in [2.45, 2.75) is 29.7 Å². The molecule has 21 heavy (non-hydrogen) atoms. The third kappa shape index (κ3) is 3.71. The van der Waals surface area contributed by atoms with Crippen molar-refractivity contribution in [1.29, 1.82) is 0 Å². The van der Waals surface area contributed by atoms with Crippen molar-refractivity contribution in [3.05, 3.63) is 28.8 Å². The van der Waals surface area contributed by atoms with E-state index in [2.05, 4.69) is 4.90 Å². The third-order valence-electron chi connectivity index (χ3n) is 4.02. The highest BCUT2D eigenvalue weighted by molar-refractivity contribution is 7.89. The van der Waals surface area contributed by atoms with Crippen LogP contribution in [-0.2, 0) is 15.9 Å². The molecule has 1 atom stereocenters. The molecule has 1 aliphatic rings. The quantitative estimate of drug-likeness (QED) is 0.766. The van der Waals surface area contributed by atoms with Gasteiger partial charge in [-0.05, 0) is 44.1 Å². The molecule has 0 bridgehead atoms. The van der Waals surface area contributed by atoms with Crippen LogP contribution in [0.3, 0.4) is 0 Å². The maximum absolute atomic E-state index is 12.6. The summed E-state index contributed by atoms with van der Waals surface area (Å²) in [6.07, 6.45) is 2.15. The average molecular weight is 351 g/mol. The van der Waals surface area contributed by atoms with Crippen LogP contribution >= 0.6 is 23.2 Å². The van der Waals surface area contributed by atoms with Gasteiger partial charge in [-0.2, -0.15) is 4.31 Å². The number of hydrogen-bond acceptors (Lipinski definition) is 3. The van der Waals surface area contributed by atoms with Gasteiger partial charge < -0.3 is 4.90 Å². The minimum absolute atomic E-state index is 0.213. The summed E-state index contributed by atoms with van der Waals surface area (Å²) in [7, 11) is 0.130. The fourth-order valence-corrected chi connectivity index (χ4v) is 4.43. The molecule has 1 aliphatic heterocycles. The second-order valence-electron chi connectivity index (χ2n) is 5.45. The molecule has 1 heterocycles. The van der Waals surface area contributed by atoms with Gasteiger partial charge >= 0.3 is 0 Å². The Balaban J connectivity index is 2.18. The van der Waals surface area contributed by atoms with E-state index in [1.807, 2.05) is 7.05 Å². The first-order valence-electron chi connectivity index (χ1n) is 6.87. The van der Waals surface area contributed by atoms with Crippen molar-refractivity contribution in [2.75, 3.05) is 27.2 Å². The molecule has 7 heteroatoms. The number of halogens is 2. The highest BCUT2D eigenvalue weighted by Gasteiger charge is 2.28. The molecule has 0 N–H and O–H groups in total. The summed E-state index contributed by atoms with van der Waals surface area (Å²) in [5, 5.41) is 0.387. The maximum Gasteiger partial charge on any atom is 0.242 e. The largest absolute Gasteiger partial charge is 0.302 e. The number of nitrogens with zero attached hydrogens (tertiary/aromatic N) is 2. The van der Waals surface area contributed by atoms with E-state index in [9.17, 15) is 8.42 Å². The lowest BCUT2D eigenvalue weighted by atomic mass is 10.2. The molecule has 2 rings (SSSR count). The van der Waals surface area contributed by atoms with Crippen molar-refractivity contribution in [3.8, 4) is 0 Å². The minimum atomic E-state index is -3.52. The number of rotatable bonds is 5. The van der Waals surface area contributed by atoms with E-state index in [0.29, 0.717) is 11.6 Å². The average Bonchev–Trinajstić information content (AvgIpc) is 2.84. The monoisotopic (exact) mass is 350 g/mol. The predicted molar refractivity (Wildman–Crippen MR) is 86.5 cm³/mol. The molecule has 118 valence electrons. The van der Waals surface area contributed by atoms with Crippen molar-refractivity contribution in [2.24, 2.45) is 0 Å². The summed E-state index contributed by atoms with van der Waals surface area (Å²) in [6, 6.07) is 4.98. The first-order valence-corrected chi connectivity index (χ1v) is 9.22. The van der Waals surface area contributed by atoms with Gasteiger partial charge in [-0.3, -0.25) is 0 Å². The van der Waals surface area contributed by atoms with Crippen molar-refractivity contribution in [1.82, 2.24) is 9.21 Å². The Morgan fingerprint density at radius 3 is 2.67 bits per heavy atom. The normalized spacial score (nSPS) is 20.3. The van der Waals surface area contributed by atoms with Gasteiger partial charge in [0.25, 0.3) is 0 Å². The van der Waals surface area contributed by atoms with Crippen LogP contribution in [0.2, 0.25) is 5.02 Å². The van der Waals surface area contributed by atoms with E-state index in [1.165, 1.54) is 10.4 Å². The highest BCUT2D eigenvalue weighted by atomic mass is 35.5. The van der Waals surface area contributed by atoms with Crippen LogP contribution in [-0.4, -0.2) is 50.8 Å². The summed E-state index contributed by atoms with van der Waals surface area (Å²) in [4.78, 5) is 2.42.